The molecule has 0 nitrogen and oxygen atoms in total. The minimum atomic E-state index is -2.46. The van der Waals surface area contributed by atoms with Gasteiger partial charge in [-0.15, -0.1) is 0 Å². The van der Waals surface area contributed by atoms with Crippen molar-refractivity contribution in [3.63, 3.8) is 0 Å². The van der Waals surface area contributed by atoms with Crippen molar-refractivity contribution in [2.75, 3.05) is 0 Å². The summed E-state index contributed by atoms with van der Waals surface area (Å²) in [7, 11) is 0. The van der Waals surface area contributed by atoms with Crippen LogP contribution in [0.3, 0.4) is 0 Å². The van der Waals surface area contributed by atoms with Gasteiger partial charge in [-0.05, 0) is 42.4 Å². The third-order valence-corrected chi connectivity index (χ3v) is 5.24. The third kappa shape index (κ3) is 1.69. The van der Waals surface area contributed by atoms with Crippen LogP contribution in [0.4, 0.5) is 8.78 Å². The van der Waals surface area contributed by atoms with Crippen molar-refractivity contribution in [1.29, 1.82) is 0 Å². The topological polar surface area (TPSA) is 0 Å². The molecule has 0 atom stereocenters. The molecule has 0 aromatic carbocycles. The predicted octanol–water partition coefficient (Wildman–Crippen LogP) is 4.88. The van der Waals surface area contributed by atoms with Gasteiger partial charge < -0.3 is 0 Å². The summed E-state index contributed by atoms with van der Waals surface area (Å²) in [5.41, 5.74) is 0.871. The Labute approximate surface area is 97.8 Å². The largest absolute Gasteiger partial charge is 0.250 e. The van der Waals surface area contributed by atoms with Crippen LogP contribution in [0.1, 0.15) is 59.8 Å². The zero-order valence-corrected chi connectivity index (χ0v) is 10.9. The number of halogens is 2. The summed E-state index contributed by atoms with van der Waals surface area (Å²) in [6, 6.07) is 0. The molecule has 94 valence electrons. The first-order valence-corrected chi connectivity index (χ1v) is 6.59. The number of rotatable bonds is 5. The maximum atomic E-state index is 13.5. The second-order valence-corrected chi connectivity index (χ2v) is 6.96. The van der Waals surface area contributed by atoms with Crippen molar-refractivity contribution in [2.24, 2.45) is 22.7 Å². The molecule has 0 N–H and O–H groups in total. The summed E-state index contributed by atoms with van der Waals surface area (Å²) in [6.45, 7) is 7.78. The molecule has 0 aromatic heterocycles. The molecule has 2 heteroatoms. The Hall–Kier alpha value is -0.140. The maximum Gasteiger partial charge on any atom is 0.250 e. The molecule has 0 heterocycles. The molecule has 0 saturated heterocycles. The van der Waals surface area contributed by atoms with Gasteiger partial charge in [-0.1, -0.05) is 27.7 Å². The van der Waals surface area contributed by atoms with Crippen LogP contribution in [0.2, 0.25) is 0 Å². The summed E-state index contributed by atoms with van der Waals surface area (Å²) in [5.74, 6) is -2.24. The first-order valence-electron chi connectivity index (χ1n) is 6.59. The average molecular weight is 230 g/mol. The number of alkyl halides is 2. The lowest BCUT2D eigenvalue weighted by Crippen LogP contribution is -2.64. The van der Waals surface area contributed by atoms with Crippen LogP contribution in [0.15, 0.2) is 0 Å². The smallest absolute Gasteiger partial charge is 0.207 e. The van der Waals surface area contributed by atoms with Gasteiger partial charge in [-0.3, -0.25) is 0 Å². The molecular weight excluding hydrogens is 206 g/mol. The minimum absolute atomic E-state index is 0.0961. The number of hydrogen-bond acceptors (Lipinski definition) is 0. The average Bonchev–Trinajstić information content (AvgIpc) is 1.97. The first-order chi connectivity index (χ1) is 7.22. The third-order valence-electron chi connectivity index (χ3n) is 5.24. The van der Waals surface area contributed by atoms with Gasteiger partial charge in [0.2, 0.25) is 5.92 Å². The van der Waals surface area contributed by atoms with Crippen molar-refractivity contribution < 1.29 is 8.78 Å². The van der Waals surface area contributed by atoms with Crippen molar-refractivity contribution in [3.05, 3.63) is 0 Å². The molecule has 16 heavy (non-hydrogen) atoms. The van der Waals surface area contributed by atoms with E-state index in [4.69, 9.17) is 0 Å². The highest BCUT2D eigenvalue weighted by Crippen LogP contribution is 2.77. The molecule has 0 radical (unpaired) electrons. The van der Waals surface area contributed by atoms with Crippen molar-refractivity contribution in [2.45, 2.75) is 65.7 Å². The van der Waals surface area contributed by atoms with Gasteiger partial charge in [0.05, 0.1) is 0 Å². The van der Waals surface area contributed by atoms with E-state index >= 15 is 0 Å². The van der Waals surface area contributed by atoms with E-state index in [0.29, 0.717) is 10.8 Å². The van der Waals surface area contributed by atoms with E-state index in [1.54, 1.807) is 13.8 Å². The van der Waals surface area contributed by atoms with Crippen molar-refractivity contribution >= 4 is 0 Å². The molecule has 3 aliphatic carbocycles. The molecule has 3 rings (SSSR count). The van der Waals surface area contributed by atoms with E-state index < -0.39 is 11.8 Å². The Morgan fingerprint density at radius 1 is 1.06 bits per heavy atom. The van der Waals surface area contributed by atoms with Crippen LogP contribution in [-0.2, 0) is 0 Å². The Morgan fingerprint density at radius 2 is 1.56 bits per heavy atom. The second kappa shape index (κ2) is 3.43. The molecule has 0 spiro atoms. The quantitative estimate of drug-likeness (QED) is 0.631. The normalized spacial score (nSPS) is 37.5. The fraction of sp³-hybridized carbons (Fsp3) is 1.00. The van der Waals surface area contributed by atoms with E-state index in [1.165, 1.54) is 19.3 Å². The van der Waals surface area contributed by atoms with Crippen LogP contribution in [0.5, 0.6) is 0 Å². The molecule has 0 unspecified atom stereocenters. The Balaban J connectivity index is 1.79. The van der Waals surface area contributed by atoms with Crippen molar-refractivity contribution in [1.82, 2.24) is 0 Å². The van der Waals surface area contributed by atoms with E-state index in [2.05, 4.69) is 13.8 Å². The van der Waals surface area contributed by atoms with Crippen LogP contribution in [0, 0.1) is 22.7 Å². The highest BCUT2D eigenvalue weighted by Gasteiger charge is 2.68. The van der Waals surface area contributed by atoms with Gasteiger partial charge in [0.25, 0.3) is 0 Å². The van der Waals surface area contributed by atoms with Gasteiger partial charge in [0, 0.05) is 12.3 Å². The fourth-order valence-electron chi connectivity index (χ4n) is 3.68. The monoisotopic (exact) mass is 230 g/mol. The summed E-state index contributed by atoms with van der Waals surface area (Å²) in [6.07, 6.45) is 4.48. The maximum absolute atomic E-state index is 13.5. The molecule has 3 aliphatic rings. The predicted molar refractivity (Wildman–Crippen MR) is 62.6 cm³/mol. The minimum Gasteiger partial charge on any atom is -0.207 e. The summed E-state index contributed by atoms with van der Waals surface area (Å²) < 4.78 is 27.0. The van der Waals surface area contributed by atoms with Crippen LogP contribution >= 0.6 is 0 Å². The lowest BCUT2D eigenvalue weighted by molar-refractivity contribution is -0.240. The van der Waals surface area contributed by atoms with Crippen LogP contribution < -0.4 is 0 Å². The Kier molecular flexibility index (Phi) is 2.64. The molecule has 0 aliphatic heterocycles. The molecule has 3 saturated carbocycles. The summed E-state index contributed by atoms with van der Waals surface area (Å²) in [4.78, 5) is 0. The van der Waals surface area contributed by atoms with Crippen LogP contribution in [0.25, 0.3) is 0 Å². The van der Waals surface area contributed by atoms with Gasteiger partial charge >= 0.3 is 0 Å². The lowest BCUT2D eigenvalue weighted by Gasteiger charge is -2.73. The van der Waals surface area contributed by atoms with E-state index in [0.717, 1.165) is 12.3 Å². The number of hydrogen-bond donors (Lipinski definition) is 0. The first kappa shape index (κ1) is 12.3. The standard InChI is InChI=1S/C14H24F2/c1-10(2)13-7-12(8-13,9-13)5-6-14(15,16)11(3)4/h10-11H,5-9H2,1-4H3. The molecular formula is C14H24F2. The van der Waals surface area contributed by atoms with Gasteiger partial charge in [-0.25, -0.2) is 8.78 Å². The van der Waals surface area contributed by atoms with Gasteiger partial charge in [0.15, 0.2) is 0 Å². The van der Waals surface area contributed by atoms with Crippen molar-refractivity contribution in [3.8, 4) is 0 Å². The highest BCUT2D eigenvalue weighted by atomic mass is 19.3. The summed E-state index contributed by atoms with van der Waals surface area (Å²) in [5, 5.41) is 0. The van der Waals surface area contributed by atoms with E-state index in [1.807, 2.05) is 0 Å². The van der Waals surface area contributed by atoms with E-state index in [9.17, 15) is 8.78 Å². The molecule has 3 fully saturated rings. The lowest BCUT2D eigenvalue weighted by atomic mass is 9.31. The summed E-state index contributed by atoms with van der Waals surface area (Å²) >= 11 is 0. The Morgan fingerprint density at radius 3 is 1.94 bits per heavy atom. The Bertz CT molecular complexity index is 259. The zero-order chi connectivity index (χ0) is 12.2. The molecule has 2 bridgehead atoms. The zero-order valence-electron chi connectivity index (χ0n) is 10.9. The second-order valence-electron chi connectivity index (χ2n) is 6.96. The highest BCUT2D eigenvalue weighted by molar-refractivity contribution is 5.17. The van der Waals surface area contributed by atoms with Gasteiger partial charge in [0.1, 0.15) is 0 Å². The fourth-order valence-corrected chi connectivity index (χ4v) is 3.68. The molecule has 0 aromatic rings. The van der Waals surface area contributed by atoms with Gasteiger partial charge in [-0.2, -0.15) is 0 Å². The van der Waals surface area contributed by atoms with Crippen LogP contribution in [-0.4, -0.2) is 5.92 Å². The molecule has 0 amide bonds. The van der Waals surface area contributed by atoms with E-state index in [-0.39, 0.29) is 6.42 Å². The SMILES string of the molecule is CC(C)C(F)(F)CCC12CC(C(C)C)(C1)C2.